The standard InChI is InChI=1S/C19H13Cl3N4O3/c20-13-3-1-12(2-4-13)17(27)26-9-19(29-18(26)28,8-25-11-23-10-24-25)15-6-5-14(21)7-16(15)22/h1-7,10-11H,8-9H2. The van der Waals surface area contributed by atoms with Crippen molar-refractivity contribution in [2.24, 2.45) is 0 Å². The summed E-state index contributed by atoms with van der Waals surface area (Å²) >= 11 is 18.3. The normalized spacial score (nSPS) is 18.7. The largest absolute Gasteiger partial charge is 0.434 e. The first-order valence-corrected chi connectivity index (χ1v) is 9.60. The highest BCUT2D eigenvalue weighted by atomic mass is 35.5. The number of carbonyl (C=O) groups is 2. The Bertz CT molecular complexity index is 1070. The lowest BCUT2D eigenvalue weighted by Crippen LogP contribution is -2.39. The van der Waals surface area contributed by atoms with Gasteiger partial charge in [0.05, 0.1) is 13.1 Å². The smallest absolute Gasteiger partial charge is 0.417 e. The van der Waals surface area contributed by atoms with E-state index < -0.39 is 17.6 Å². The average Bonchev–Trinajstić information content (AvgIpc) is 3.30. The summed E-state index contributed by atoms with van der Waals surface area (Å²) in [7, 11) is 0. The Morgan fingerprint density at radius 2 is 1.83 bits per heavy atom. The number of aromatic nitrogens is 3. The van der Waals surface area contributed by atoms with Crippen LogP contribution in [0.15, 0.2) is 55.1 Å². The summed E-state index contributed by atoms with van der Waals surface area (Å²) in [5.41, 5.74) is -0.432. The van der Waals surface area contributed by atoms with Crippen molar-refractivity contribution in [3.8, 4) is 0 Å². The number of ether oxygens (including phenoxy) is 1. The SMILES string of the molecule is O=C1OC(Cn2cncn2)(c2ccc(Cl)cc2Cl)CN1C(=O)c1ccc(Cl)cc1. The molecule has 2 aromatic carbocycles. The van der Waals surface area contributed by atoms with Crippen molar-refractivity contribution in [2.45, 2.75) is 12.1 Å². The van der Waals surface area contributed by atoms with Gasteiger partial charge in [0.2, 0.25) is 0 Å². The molecule has 1 atom stereocenters. The molecule has 4 rings (SSSR count). The van der Waals surface area contributed by atoms with Crippen molar-refractivity contribution in [1.29, 1.82) is 0 Å². The van der Waals surface area contributed by atoms with E-state index in [4.69, 9.17) is 39.5 Å². The topological polar surface area (TPSA) is 77.3 Å². The summed E-state index contributed by atoms with van der Waals surface area (Å²) in [4.78, 5) is 30.6. The van der Waals surface area contributed by atoms with Crippen molar-refractivity contribution < 1.29 is 14.3 Å². The van der Waals surface area contributed by atoms with E-state index >= 15 is 0 Å². The van der Waals surface area contributed by atoms with Crippen LogP contribution in [0.2, 0.25) is 15.1 Å². The zero-order chi connectivity index (χ0) is 20.6. The van der Waals surface area contributed by atoms with Gasteiger partial charge in [-0.05, 0) is 36.4 Å². The molecule has 0 bridgehead atoms. The number of benzene rings is 2. The number of cyclic esters (lactones) is 1. The van der Waals surface area contributed by atoms with Gasteiger partial charge in [0.25, 0.3) is 5.91 Å². The van der Waals surface area contributed by atoms with Crippen LogP contribution < -0.4 is 0 Å². The highest BCUT2D eigenvalue weighted by Crippen LogP contribution is 2.40. The zero-order valence-electron chi connectivity index (χ0n) is 14.8. The van der Waals surface area contributed by atoms with E-state index in [-0.39, 0.29) is 13.1 Å². The van der Waals surface area contributed by atoms with Gasteiger partial charge in [-0.25, -0.2) is 19.4 Å². The van der Waals surface area contributed by atoms with Crippen LogP contribution in [0.5, 0.6) is 0 Å². The maximum absolute atomic E-state index is 12.9. The molecular weight excluding hydrogens is 439 g/mol. The third-order valence-electron chi connectivity index (χ3n) is 4.56. The number of hydrogen-bond donors (Lipinski definition) is 0. The molecule has 1 aromatic heterocycles. The number of imide groups is 1. The quantitative estimate of drug-likeness (QED) is 0.586. The van der Waals surface area contributed by atoms with Crippen LogP contribution in [-0.2, 0) is 16.9 Å². The Morgan fingerprint density at radius 1 is 1.10 bits per heavy atom. The minimum Gasteiger partial charge on any atom is -0.434 e. The van der Waals surface area contributed by atoms with Gasteiger partial charge < -0.3 is 4.74 Å². The molecule has 1 saturated heterocycles. The maximum atomic E-state index is 12.9. The Hall–Kier alpha value is -2.61. The third kappa shape index (κ3) is 3.81. The minimum absolute atomic E-state index is 0.0610. The minimum atomic E-state index is -1.26. The molecule has 7 nitrogen and oxygen atoms in total. The van der Waals surface area contributed by atoms with E-state index in [1.165, 1.54) is 17.3 Å². The highest BCUT2D eigenvalue weighted by Gasteiger charge is 2.50. The molecule has 0 saturated carbocycles. The van der Waals surface area contributed by atoms with Crippen LogP contribution >= 0.6 is 34.8 Å². The summed E-state index contributed by atoms with van der Waals surface area (Å²) in [6.45, 7) is 0.0546. The summed E-state index contributed by atoms with van der Waals surface area (Å²) in [6.07, 6.45) is 2.07. The fourth-order valence-corrected chi connectivity index (χ4v) is 3.93. The van der Waals surface area contributed by atoms with Crippen molar-refractivity contribution in [3.63, 3.8) is 0 Å². The number of nitrogens with zero attached hydrogens (tertiary/aromatic N) is 4. The first kappa shape index (κ1) is 19.7. The van der Waals surface area contributed by atoms with E-state index in [1.54, 1.807) is 42.5 Å². The van der Waals surface area contributed by atoms with Crippen LogP contribution in [-0.4, -0.2) is 38.2 Å². The molecule has 2 heterocycles. The fourth-order valence-electron chi connectivity index (χ4n) is 3.22. The summed E-state index contributed by atoms with van der Waals surface area (Å²) in [6, 6.07) is 11.1. The molecule has 29 heavy (non-hydrogen) atoms. The van der Waals surface area contributed by atoms with Crippen molar-refractivity contribution in [2.75, 3.05) is 6.54 Å². The maximum Gasteiger partial charge on any atom is 0.417 e. The molecular formula is C19H13Cl3N4O3. The van der Waals surface area contributed by atoms with Crippen LogP contribution in [0.4, 0.5) is 4.79 Å². The lowest BCUT2D eigenvalue weighted by atomic mass is 9.93. The van der Waals surface area contributed by atoms with Gasteiger partial charge in [-0.3, -0.25) is 4.79 Å². The van der Waals surface area contributed by atoms with E-state index in [9.17, 15) is 9.59 Å². The fraction of sp³-hybridized carbons (Fsp3) is 0.158. The molecule has 10 heteroatoms. The van der Waals surface area contributed by atoms with Gasteiger partial charge in [-0.15, -0.1) is 0 Å². The van der Waals surface area contributed by atoms with E-state index in [0.717, 1.165) is 4.90 Å². The molecule has 0 N–H and O–H groups in total. The van der Waals surface area contributed by atoms with Crippen molar-refractivity contribution in [3.05, 3.63) is 81.3 Å². The van der Waals surface area contributed by atoms with E-state index in [1.807, 2.05) is 0 Å². The van der Waals surface area contributed by atoms with Gasteiger partial charge in [-0.2, -0.15) is 5.10 Å². The molecule has 0 spiro atoms. The van der Waals surface area contributed by atoms with Crippen LogP contribution in [0, 0.1) is 0 Å². The highest BCUT2D eigenvalue weighted by molar-refractivity contribution is 6.35. The van der Waals surface area contributed by atoms with Crippen LogP contribution in [0.1, 0.15) is 15.9 Å². The number of hydrogen-bond acceptors (Lipinski definition) is 5. The monoisotopic (exact) mass is 450 g/mol. The number of rotatable bonds is 4. The molecule has 1 unspecified atom stereocenters. The van der Waals surface area contributed by atoms with E-state index in [0.29, 0.717) is 26.2 Å². The third-order valence-corrected chi connectivity index (χ3v) is 5.36. The van der Waals surface area contributed by atoms with Crippen LogP contribution in [0.25, 0.3) is 0 Å². The predicted molar refractivity (Wildman–Crippen MR) is 107 cm³/mol. The van der Waals surface area contributed by atoms with Crippen molar-refractivity contribution >= 4 is 46.8 Å². The molecule has 1 fully saturated rings. The van der Waals surface area contributed by atoms with Gasteiger partial charge in [0, 0.05) is 26.2 Å². The van der Waals surface area contributed by atoms with Gasteiger partial charge >= 0.3 is 6.09 Å². The Morgan fingerprint density at radius 3 is 2.48 bits per heavy atom. The summed E-state index contributed by atoms with van der Waals surface area (Å²) in [5, 5.41) is 5.32. The number of amides is 2. The molecule has 0 radical (unpaired) electrons. The lowest BCUT2D eigenvalue weighted by molar-refractivity contribution is 0.0363. The first-order chi connectivity index (χ1) is 13.9. The second-order valence-corrected chi connectivity index (χ2v) is 7.76. The first-order valence-electron chi connectivity index (χ1n) is 8.46. The molecule has 3 aromatic rings. The Labute approximate surface area is 180 Å². The lowest BCUT2D eigenvalue weighted by Gasteiger charge is -2.28. The van der Waals surface area contributed by atoms with E-state index in [2.05, 4.69) is 10.1 Å². The van der Waals surface area contributed by atoms with Gasteiger partial charge in [0.1, 0.15) is 12.7 Å². The zero-order valence-corrected chi connectivity index (χ0v) is 17.0. The van der Waals surface area contributed by atoms with Gasteiger partial charge in [-0.1, -0.05) is 40.9 Å². The summed E-state index contributed by atoms with van der Waals surface area (Å²) in [5.74, 6) is -0.503. The Balaban J connectivity index is 1.73. The number of carbonyl (C=O) groups excluding carboxylic acids is 2. The molecule has 1 aliphatic heterocycles. The molecule has 148 valence electrons. The second kappa shape index (κ2) is 7.67. The average molecular weight is 452 g/mol. The summed E-state index contributed by atoms with van der Waals surface area (Å²) < 4.78 is 7.24. The predicted octanol–water partition coefficient (Wildman–Crippen LogP) is 4.43. The Kier molecular flexibility index (Phi) is 5.21. The molecule has 2 amide bonds. The van der Waals surface area contributed by atoms with Crippen molar-refractivity contribution in [1.82, 2.24) is 19.7 Å². The second-order valence-electron chi connectivity index (χ2n) is 6.48. The number of halogens is 3. The van der Waals surface area contributed by atoms with Crippen LogP contribution in [0.3, 0.4) is 0 Å². The molecule has 0 aliphatic carbocycles. The molecule has 1 aliphatic rings. The van der Waals surface area contributed by atoms with Gasteiger partial charge in [0.15, 0.2) is 5.60 Å².